The van der Waals surface area contributed by atoms with Crippen LogP contribution in [0.1, 0.15) is 11.9 Å². The molecule has 23 heavy (non-hydrogen) atoms. The van der Waals surface area contributed by atoms with E-state index in [0.717, 1.165) is 0 Å². The zero-order chi connectivity index (χ0) is 17.1. The highest BCUT2D eigenvalue weighted by Gasteiger charge is 2.45. The molecule has 4 N–H and O–H groups in total. The van der Waals surface area contributed by atoms with Gasteiger partial charge in [0.2, 0.25) is 0 Å². The summed E-state index contributed by atoms with van der Waals surface area (Å²) >= 11 is 11.8. The van der Waals surface area contributed by atoms with Crippen molar-refractivity contribution in [1.82, 2.24) is 5.32 Å². The first-order valence-corrected chi connectivity index (χ1v) is 7.59. The number of hydrogen-bond donors (Lipinski definition) is 4. The Hall–Kier alpha value is -0.930. The molecule has 0 aliphatic carbocycles. The third-order valence-corrected chi connectivity index (χ3v) is 4.22. The smallest absolute Gasteiger partial charge is 0.251 e. The summed E-state index contributed by atoms with van der Waals surface area (Å²) in [6.45, 7) is -0.643. The van der Waals surface area contributed by atoms with Gasteiger partial charge >= 0.3 is 0 Å². The minimum atomic E-state index is -1.45. The van der Waals surface area contributed by atoms with Crippen molar-refractivity contribution in [2.24, 2.45) is 0 Å². The van der Waals surface area contributed by atoms with Crippen LogP contribution < -0.4 is 5.32 Å². The molecule has 1 amide bonds. The molecule has 0 aromatic heterocycles. The second kappa shape index (κ2) is 7.76. The average molecular weight is 366 g/mol. The number of halogens is 2. The number of rotatable bonds is 4. The lowest BCUT2D eigenvalue weighted by Gasteiger charge is -2.40. The quantitative estimate of drug-likeness (QED) is 0.608. The molecule has 0 spiro atoms. The molecule has 1 aliphatic heterocycles. The van der Waals surface area contributed by atoms with E-state index in [1.54, 1.807) is 6.07 Å². The lowest BCUT2D eigenvalue weighted by molar-refractivity contribution is -0.299. The number of amides is 1. The molecule has 7 nitrogen and oxygen atoms in total. The van der Waals surface area contributed by atoms with E-state index in [9.17, 15) is 15.0 Å². The lowest BCUT2D eigenvalue weighted by atomic mass is 10.00. The largest absolute Gasteiger partial charge is 0.394 e. The van der Waals surface area contributed by atoms with E-state index in [4.69, 9.17) is 37.8 Å². The Balaban J connectivity index is 2.32. The fraction of sp³-hybridized carbons (Fsp3) is 0.500. The number of aliphatic hydroxyl groups excluding tert-OH is 3. The molecule has 1 aromatic carbocycles. The van der Waals surface area contributed by atoms with E-state index >= 15 is 0 Å². The van der Waals surface area contributed by atoms with E-state index in [1.165, 1.54) is 19.2 Å². The van der Waals surface area contributed by atoms with E-state index in [0.29, 0.717) is 10.6 Å². The number of carbonyl (C=O) groups excluding carboxylic acids is 1. The summed E-state index contributed by atoms with van der Waals surface area (Å²) in [5, 5.41) is 32.0. The molecule has 5 atom stereocenters. The number of hydrogen-bond acceptors (Lipinski definition) is 6. The Morgan fingerprint density at radius 3 is 2.61 bits per heavy atom. The molecule has 0 bridgehead atoms. The lowest BCUT2D eigenvalue weighted by Crippen LogP contribution is -2.57. The number of likely N-dealkylation sites (N-methyl/N-ethyl adjacent to an activating group) is 1. The van der Waals surface area contributed by atoms with E-state index < -0.39 is 43.2 Å². The zero-order valence-corrected chi connectivity index (χ0v) is 13.7. The third kappa shape index (κ3) is 3.95. The second-order valence-corrected chi connectivity index (χ2v) is 5.83. The van der Waals surface area contributed by atoms with Crippen LogP contribution in [0.2, 0.25) is 10.0 Å². The van der Waals surface area contributed by atoms with Crippen molar-refractivity contribution in [2.45, 2.75) is 30.7 Å². The van der Waals surface area contributed by atoms with Gasteiger partial charge in [-0.25, -0.2) is 0 Å². The molecule has 1 heterocycles. The van der Waals surface area contributed by atoms with Crippen LogP contribution in [0.3, 0.4) is 0 Å². The van der Waals surface area contributed by atoms with Gasteiger partial charge in [-0.15, -0.1) is 0 Å². The summed E-state index contributed by atoms with van der Waals surface area (Å²) in [4.78, 5) is 11.9. The average Bonchev–Trinajstić information content (AvgIpc) is 2.56. The van der Waals surface area contributed by atoms with E-state index in [-0.39, 0.29) is 5.02 Å². The Morgan fingerprint density at radius 1 is 1.35 bits per heavy atom. The van der Waals surface area contributed by atoms with Crippen LogP contribution in [-0.4, -0.2) is 59.3 Å². The van der Waals surface area contributed by atoms with Crippen LogP contribution in [0.4, 0.5) is 0 Å². The van der Waals surface area contributed by atoms with Gasteiger partial charge in [-0.05, 0) is 12.1 Å². The summed E-state index contributed by atoms with van der Waals surface area (Å²) in [6.07, 6.45) is -6.39. The molecule has 1 aliphatic rings. The molecule has 1 fully saturated rings. The van der Waals surface area contributed by atoms with Crippen LogP contribution in [0.25, 0.3) is 0 Å². The van der Waals surface area contributed by atoms with Crippen molar-refractivity contribution < 1.29 is 29.6 Å². The maximum atomic E-state index is 11.9. The molecule has 1 saturated heterocycles. The first kappa shape index (κ1) is 18.4. The summed E-state index contributed by atoms with van der Waals surface area (Å²) in [6, 6.07) is 4.61. The van der Waals surface area contributed by atoms with Crippen LogP contribution in [-0.2, 0) is 14.3 Å². The van der Waals surface area contributed by atoms with Crippen LogP contribution in [0, 0.1) is 0 Å². The number of carbonyl (C=O) groups is 1. The van der Waals surface area contributed by atoms with Crippen molar-refractivity contribution in [3.8, 4) is 0 Å². The molecule has 128 valence electrons. The van der Waals surface area contributed by atoms with Gasteiger partial charge in [-0.3, -0.25) is 4.79 Å². The summed E-state index contributed by atoms with van der Waals surface area (Å²) in [7, 11) is 1.39. The minimum absolute atomic E-state index is 0.262. The normalized spacial score (nSPS) is 29.1. The SMILES string of the molecule is CNC(=O)C1OC(c2ccc(Cl)c(Cl)c2)OC([C@H](O)CO)C1O. The molecule has 0 saturated carbocycles. The highest BCUT2D eigenvalue weighted by Crippen LogP contribution is 2.34. The maximum Gasteiger partial charge on any atom is 0.251 e. The number of ether oxygens (including phenoxy) is 2. The first-order valence-electron chi connectivity index (χ1n) is 6.83. The van der Waals surface area contributed by atoms with Crippen molar-refractivity contribution in [1.29, 1.82) is 0 Å². The Labute approximate surface area is 142 Å². The van der Waals surface area contributed by atoms with Crippen molar-refractivity contribution in [3.63, 3.8) is 0 Å². The number of aliphatic hydroxyl groups is 3. The minimum Gasteiger partial charge on any atom is -0.394 e. The van der Waals surface area contributed by atoms with Gasteiger partial charge in [0.25, 0.3) is 5.91 Å². The number of benzene rings is 1. The molecule has 2 rings (SSSR count). The molecule has 4 unspecified atom stereocenters. The van der Waals surface area contributed by atoms with Gasteiger partial charge in [0, 0.05) is 12.6 Å². The van der Waals surface area contributed by atoms with Crippen LogP contribution in [0.15, 0.2) is 18.2 Å². The summed E-state index contributed by atoms with van der Waals surface area (Å²) in [5.74, 6) is -0.582. The van der Waals surface area contributed by atoms with Gasteiger partial charge in [0.05, 0.1) is 16.7 Å². The Bertz CT molecular complexity index is 572. The molecular formula is C14H17Cl2NO6. The fourth-order valence-corrected chi connectivity index (χ4v) is 2.55. The van der Waals surface area contributed by atoms with Gasteiger partial charge in [0.15, 0.2) is 12.4 Å². The molecule has 0 radical (unpaired) electrons. The third-order valence-electron chi connectivity index (χ3n) is 3.48. The highest BCUT2D eigenvalue weighted by atomic mass is 35.5. The standard InChI is InChI=1S/C14H17Cl2NO6/c1-17-13(21)12-10(20)11(9(19)5-18)22-14(23-12)6-2-3-7(15)8(16)4-6/h2-4,9-12,14,18-20H,5H2,1H3,(H,17,21)/t9-,10?,11?,12?,14?/m1/s1. The van der Waals surface area contributed by atoms with Crippen molar-refractivity contribution in [2.75, 3.05) is 13.7 Å². The summed E-state index contributed by atoms with van der Waals surface area (Å²) in [5.41, 5.74) is 0.454. The predicted molar refractivity (Wildman–Crippen MR) is 82.1 cm³/mol. The Morgan fingerprint density at radius 2 is 2.04 bits per heavy atom. The van der Waals surface area contributed by atoms with Gasteiger partial charge in [-0.2, -0.15) is 0 Å². The fourth-order valence-electron chi connectivity index (χ4n) is 2.24. The van der Waals surface area contributed by atoms with Crippen LogP contribution >= 0.6 is 23.2 Å². The molecule has 9 heteroatoms. The second-order valence-electron chi connectivity index (χ2n) is 5.02. The highest BCUT2D eigenvalue weighted by molar-refractivity contribution is 6.42. The van der Waals surface area contributed by atoms with Gasteiger partial charge in [0.1, 0.15) is 18.3 Å². The monoisotopic (exact) mass is 365 g/mol. The van der Waals surface area contributed by atoms with Gasteiger partial charge in [-0.1, -0.05) is 29.3 Å². The number of nitrogens with one attached hydrogen (secondary N) is 1. The molecular weight excluding hydrogens is 349 g/mol. The van der Waals surface area contributed by atoms with Crippen LogP contribution in [0.5, 0.6) is 0 Å². The zero-order valence-electron chi connectivity index (χ0n) is 12.1. The summed E-state index contributed by atoms with van der Waals surface area (Å²) < 4.78 is 11.0. The topological polar surface area (TPSA) is 108 Å². The maximum absolute atomic E-state index is 11.9. The van der Waals surface area contributed by atoms with Gasteiger partial charge < -0.3 is 30.1 Å². The Kier molecular flexibility index (Phi) is 6.21. The van der Waals surface area contributed by atoms with Crippen molar-refractivity contribution in [3.05, 3.63) is 33.8 Å². The first-order chi connectivity index (χ1) is 10.9. The molecule has 1 aromatic rings. The van der Waals surface area contributed by atoms with E-state index in [1.807, 2.05) is 0 Å². The van der Waals surface area contributed by atoms with E-state index in [2.05, 4.69) is 5.32 Å². The van der Waals surface area contributed by atoms with Crippen molar-refractivity contribution >= 4 is 29.1 Å². The predicted octanol–water partition coefficient (Wildman–Crippen LogP) is 0.236.